The first kappa shape index (κ1) is 22.5. The van der Waals surface area contributed by atoms with E-state index in [0.717, 1.165) is 17.8 Å². The number of carbonyl (C=O) groups excluding carboxylic acids is 2. The molecule has 0 fully saturated rings. The summed E-state index contributed by atoms with van der Waals surface area (Å²) in [6.07, 6.45) is 0. The third-order valence-electron chi connectivity index (χ3n) is 4.61. The van der Waals surface area contributed by atoms with Gasteiger partial charge in [-0.1, -0.05) is 11.8 Å². The zero-order valence-corrected chi connectivity index (χ0v) is 17.8. The average Bonchev–Trinajstić information content (AvgIpc) is 3.42. The van der Waals surface area contributed by atoms with Crippen molar-refractivity contribution in [2.75, 3.05) is 17.9 Å². The number of benzene rings is 2. The van der Waals surface area contributed by atoms with Gasteiger partial charge in [0.05, 0.1) is 18.0 Å². The number of ether oxygens (including phenoxy) is 2. The van der Waals surface area contributed by atoms with Crippen LogP contribution in [0, 0.1) is 17.5 Å². The Balaban J connectivity index is 1.31. The van der Waals surface area contributed by atoms with Crippen molar-refractivity contribution in [3.8, 4) is 11.5 Å². The Labute approximate surface area is 189 Å². The number of thioether (sulfide) groups is 1. The van der Waals surface area contributed by atoms with E-state index in [0.29, 0.717) is 34.1 Å². The normalized spacial score (nSPS) is 12.0. The highest BCUT2D eigenvalue weighted by molar-refractivity contribution is 7.99. The lowest BCUT2D eigenvalue weighted by atomic mass is 10.2. The largest absolute Gasteiger partial charge is 0.454 e. The van der Waals surface area contributed by atoms with E-state index in [9.17, 15) is 22.8 Å². The van der Waals surface area contributed by atoms with Crippen LogP contribution in [0.2, 0.25) is 0 Å². The number of hydrogen-bond donors (Lipinski definition) is 2. The molecular weight excluding hydrogens is 463 g/mol. The van der Waals surface area contributed by atoms with E-state index in [4.69, 9.17) is 9.47 Å². The maximum Gasteiger partial charge on any atom is 0.251 e. The quantitative estimate of drug-likeness (QED) is 0.396. The fraction of sp³-hybridized carbons (Fsp3) is 0.200. The number of carbonyl (C=O) groups is 2. The Kier molecular flexibility index (Phi) is 6.40. The lowest BCUT2D eigenvalue weighted by molar-refractivity contribution is -0.113. The van der Waals surface area contributed by atoms with E-state index in [1.54, 1.807) is 29.8 Å². The number of aromatic nitrogens is 3. The Morgan fingerprint density at radius 2 is 1.88 bits per heavy atom. The number of nitrogens with one attached hydrogen (secondary N) is 2. The molecule has 13 heteroatoms. The number of fused-ring (bicyclic) bond motifs is 1. The second-order valence-corrected chi connectivity index (χ2v) is 7.71. The van der Waals surface area contributed by atoms with Crippen LogP contribution in [0.1, 0.15) is 16.2 Å². The Morgan fingerprint density at radius 1 is 1.09 bits per heavy atom. The lowest BCUT2D eigenvalue weighted by Gasteiger charge is -2.08. The van der Waals surface area contributed by atoms with Crippen LogP contribution in [0.3, 0.4) is 0 Å². The van der Waals surface area contributed by atoms with Crippen molar-refractivity contribution < 1.29 is 32.2 Å². The molecule has 0 saturated heterocycles. The summed E-state index contributed by atoms with van der Waals surface area (Å²) in [6.45, 7) is 0.178. The molecule has 9 nitrogen and oxygen atoms in total. The van der Waals surface area contributed by atoms with E-state index >= 15 is 0 Å². The average molecular weight is 479 g/mol. The van der Waals surface area contributed by atoms with Crippen LogP contribution in [-0.4, -0.2) is 39.1 Å². The number of rotatable bonds is 7. The van der Waals surface area contributed by atoms with Gasteiger partial charge in [-0.15, -0.1) is 10.2 Å². The predicted molar refractivity (Wildman–Crippen MR) is 110 cm³/mol. The zero-order valence-electron chi connectivity index (χ0n) is 17.0. The van der Waals surface area contributed by atoms with E-state index in [-0.39, 0.29) is 25.0 Å². The van der Waals surface area contributed by atoms with Crippen molar-refractivity contribution in [2.45, 2.75) is 11.7 Å². The van der Waals surface area contributed by atoms with Gasteiger partial charge in [0.15, 0.2) is 39.9 Å². The molecule has 172 valence electrons. The molecule has 1 aromatic heterocycles. The van der Waals surface area contributed by atoms with Gasteiger partial charge in [0.25, 0.3) is 5.91 Å². The molecule has 0 unspecified atom stereocenters. The molecule has 2 amide bonds. The molecule has 0 saturated carbocycles. The van der Waals surface area contributed by atoms with Gasteiger partial charge in [0.1, 0.15) is 0 Å². The highest BCUT2D eigenvalue weighted by Gasteiger charge is 2.18. The maximum atomic E-state index is 13.7. The van der Waals surface area contributed by atoms with Gasteiger partial charge >= 0.3 is 0 Å². The molecule has 2 N–H and O–H groups in total. The van der Waals surface area contributed by atoms with Crippen molar-refractivity contribution in [3.05, 3.63) is 59.2 Å². The van der Waals surface area contributed by atoms with Gasteiger partial charge in [-0.05, 0) is 30.3 Å². The Morgan fingerprint density at radius 3 is 2.70 bits per heavy atom. The molecule has 2 heterocycles. The monoisotopic (exact) mass is 479 g/mol. The van der Waals surface area contributed by atoms with Gasteiger partial charge in [0.2, 0.25) is 12.7 Å². The van der Waals surface area contributed by atoms with Gasteiger partial charge in [-0.25, -0.2) is 13.2 Å². The molecule has 0 spiro atoms. The summed E-state index contributed by atoms with van der Waals surface area (Å²) >= 11 is 0.996. The fourth-order valence-electron chi connectivity index (χ4n) is 2.86. The second-order valence-electron chi connectivity index (χ2n) is 6.77. The molecule has 1 aliphatic rings. The van der Waals surface area contributed by atoms with Crippen LogP contribution in [-0.2, 0) is 18.4 Å². The Hall–Kier alpha value is -3.74. The van der Waals surface area contributed by atoms with Crippen LogP contribution >= 0.6 is 11.8 Å². The van der Waals surface area contributed by atoms with E-state index < -0.39 is 29.0 Å². The predicted octanol–water partition coefficient (Wildman–Crippen LogP) is 2.62. The van der Waals surface area contributed by atoms with Gasteiger partial charge in [0, 0.05) is 12.6 Å². The minimum Gasteiger partial charge on any atom is -0.454 e. The molecule has 0 bridgehead atoms. The molecule has 0 atom stereocenters. The number of nitrogens with zero attached hydrogens (tertiary/aromatic N) is 3. The Bertz CT molecular complexity index is 1240. The first-order valence-corrected chi connectivity index (χ1v) is 10.4. The summed E-state index contributed by atoms with van der Waals surface area (Å²) in [7, 11) is 1.65. The summed E-state index contributed by atoms with van der Waals surface area (Å²) < 4.78 is 52.0. The molecule has 1 aliphatic heterocycles. The van der Waals surface area contributed by atoms with Crippen molar-refractivity contribution in [1.29, 1.82) is 0 Å². The molecular formula is C20H16F3N5O4S. The standard InChI is InChI=1S/C20H16F3N5O4S/c1-28-15(7-24-19(30)10-2-5-13-14(6-10)32-9-31-13)26-27-20(28)33-8-16(29)25-12-4-3-11(21)17(22)18(12)23/h2-6H,7-9H2,1H3,(H,24,30)(H,25,29). The fourth-order valence-corrected chi connectivity index (χ4v) is 3.59. The summed E-state index contributed by atoms with van der Waals surface area (Å²) in [6, 6.07) is 6.47. The first-order chi connectivity index (χ1) is 15.8. The van der Waals surface area contributed by atoms with E-state index in [1.165, 1.54) is 0 Å². The molecule has 33 heavy (non-hydrogen) atoms. The van der Waals surface area contributed by atoms with E-state index in [1.807, 2.05) is 0 Å². The van der Waals surface area contributed by atoms with Gasteiger partial charge in [-0.3, -0.25) is 9.59 Å². The van der Waals surface area contributed by atoms with Crippen LogP contribution in [0.25, 0.3) is 0 Å². The van der Waals surface area contributed by atoms with Gasteiger partial charge in [-0.2, -0.15) is 0 Å². The number of hydrogen-bond acceptors (Lipinski definition) is 7. The number of halogens is 3. The van der Waals surface area contributed by atoms with Crippen LogP contribution < -0.4 is 20.1 Å². The van der Waals surface area contributed by atoms with E-state index in [2.05, 4.69) is 20.8 Å². The van der Waals surface area contributed by atoms with Crippen molar-refractivity contribution >= 4 is 29.3 Å². The lowest BCUT2D eigenvalue weighted by Crippen LogP contribution is -2.24. The van der Waals surface area contributed by atoms with Crippen LogP contribution in [0.15, 0.2) is 35.5 Å². The second kappa shape index (κ2) is 9.40. The molecule has 2 aromatic carbocycles. The summed E-state index contributed by atoms with van der Waals surface area (Å²) in [4.78, 5) is 24.4. The third-order valence-corrected chi connectivity index (χ3v) is 5.63. The smallest absolute Gasteiger partial charge is 0.251 e. The summed E-state index contributed by atoms with van der Waals surface area (Å²) in [5.74, 6) is -4.19. The zero-order chi connectivity index (χ0) is 23.5. The van der Waals surface area contributed by atoms with Crippen molar-refractivity contribution in [2.24, 2.45) is 7.05 Å². The molecule has 4 rings (SSSR count). The SMILES string of the molecule is Cn1c(CNC(=O)c2ccc3c(c2)OCO3)nnc1SCC(=O)Nc1ccc(F)c(F)c1F. The number of anilines is 1. The summed E-state index contributed by atoms with van der Waals surface area (Å²) in [5, 5.41) is 13.2. The highest BCUT2D eigenvalue weighted by atomic mass is 32.2. The topological polar surface area (TPSA) is 107 Å². The van der Waals surface area contributed by atoms with Crippen molar-refractivity contribution in [3.63, 3.8) is 0 Å². The maximum absolute atomic E-state index is 13.7. The summed E-state index contributed by atoms with van der Waals surface area (Å²) in [5.41, 5.74) is -0.0819. The third kappa shape index (κ3) is 4.87. The molecule has 3 aromatic rings. The number of amides is 2. The van der Waals surface area contributed by atoms with Gasteiger partial charge < -0.3 is 24.7 Å². The minimum absolute atomic E-state index is 0.0730. The minimum atomic E-state index is -1.67. The first-order valence-electron chi connectivity index (χ1n) is 9.45. The van der Waals surface area contributed by atoms with Crippen LogP contribution in [0.5, 0.6) is 11.5 Å². The highest BCUT2D eigenvalue weighted by Crippen LogP contribution is 2.32. The van der Waals surface area contributed by atoms with Crippen molar-refractivity contribution in [1.82, 2.24) is 20.1 Å². The molecule has 0 radical (unpaired) electrons. The van der Waals surface area contributed by atoms with Crippen LogP contribution in [0.4, 0.5) is 18.9 Å². The molecule has 0 aliphatic carbocycles.